The quantitative estimate of drug-likeness (QED) is 0.191. The van der Waals surface area contributed by atoms with Crippen LogP contribution in [0.5, 0.6) is 17.2 Å². The minimum atomic E-state index is -0.871. The Labute approximate surface area is 268 Å². The maximum atomic E-state index is 15.3. The first kappa shape index (κ1) is 37.2. The predicted octanol–water partition coefficient (Wildman–Crippen LogP) is 7.67. The molecule has 0 amide bonds. The molecule has 0 fully saturated rings. The Morgan fingerprint density at radius 1 is 0.717 bits per heavy atom. The van der Waals surface area contributed by atoms with Crippen molar-refractivity contribution in [1.29, 1.82) is 0 Å². The Kier molecular flexibility index (Phi) is 13.7. The monoisotopic (exact) mass is 635 g/mol. The van der Waals surface area contributed by atoms with Gasteiger partial charge in [-0.15, -0.1) is 0 Å². The van der Waals surface area contributed by atoms with E-state index in [2.05, 4.69) is 0 Å². The molecule has 2 aromatic heterocycles. The molecule has 2 heterocycles. The first-order chi connectivity index (χ1) is 22.1. The van der Waals surface area contributed by atoms with Crippen molar-refractivity contribution < 1.29 is 18.3 Å². The highest BCUT2D eigenvalue weighted by molar-refractivity contribution is 5.83. The number of nitrogens with zero attached hydrogens (tertiary/aromatic N) is 3. The second kappa shape index (κ2) is 16.9. The van der Waals surface area contributed by atoms with Crippen LogP contribution in [-0.4, -0.2) is 20.8 Å². The molecule has 8 nitrogen and oxygen atoms in total. The molecule has 5 aromatic rings. The Morgan fingerprint density at radius 2 is 1.28 bits per heavy atom. The maximum absolute atomic E-state index is 15.3. The van der Waals surface area contributed by atoms with E-state index in [0.29, 0.717) is 22.4 Å². The van der Waals surface area contributed by atoms with Crippen LogP contribution in [0.2, 0.25) is 0 Å². The fourth-order valence-corrected chi connectivity index (χ4v) is 4.51. The molecule has 3 aromatic carbocycles. The van der Waals surface area contributed by atoms with E-state index in [4.69, 9.17) is 9.47 Å². The average Bonchev–Trinajstić information content (AvgIpc) is 3.06. The first-order valence-electron chi connectivity index (χ1n) is 15.3. The van der Waals surface area contributed by atoms with Crippen LogP contribution < -0.4 is 26.3 Å². The number of halogens is 2. The Morgan fingerprint density at radius 3 is 1.83 bits per heavy atom. The van der Waals surface area contributed by atoms with Gasteiger partial charge in [0.2, 0.25) is 0 Å². The molecule has 0 aliphatic rings. The predicted molar refractivity (Wildman–Crippen MR) is 181 cm³/mol. The lowest BCUT2D eigenvalue weighted by molar-refractivity contribution is 0.414. The van der Waals surface area contributed by atoms with E-state index in [-0.39, 0.29) is 34.8 Å². The van der Waals surface area contributed by atoms with Crippen LogP contribution >= 0.6 is 0 Å². The van der Waals surface area contributed by atoms with Crippen molar-refractivity contribution in [3.63, 3.8) is 0 Å². The SMILES string of the molecule is CC.CC.CC.COc1ccc(Cn2c(=O)c3c(Oc4ccc(C)cc4F)cc(=O)n(C)c3n(-c3ccc(C)cc3F)c2=O)cc1. The smallest absolute Gasteiger partial charge is 0.337 e. The van der Waals surface area contributed by atoms with Crippen LogP contribution in [0, 0.1) is 25.5 Å². The minimum Gasteiger partial charge on any atom is -0.497 e. The number of rotatable bonds is 6. The van der Waals surface area contributed by atoms with E-state index < -0.39 is 28.4 Å². The molecule has 46 heavy (non-hydrogen) atoms. The third-order valence-electron chi connectivity index (χ3n) is 6.62. The minimum absolute atomic E-state index is 0.169. The molecular weight excluding hydrogens is 592 g/mol. The van der Waals surface area contributed by atoms with E-state index in [1.807, 2.05) is 41.5 Å². The van der Waals surface area contributed by atoms with Gasteiger partial charge in [-0.3, -0.25) is 18.7 Å². The van der Waals surface area contributed by atoms with Gasteiger partial charge in [-0.2, -0.15) is 0 Å². The lowest BCUT2D eigenvalue weighted by Crippen LogP contribution is -2.42. The zero-order chi connectivity index (χ0) is 34.7. The van der Waals surface area contributed by atoms with Gasteiger partial charge < -0.3 is 9.47 Å². The number of hydrogen-bond donors (Lipinski definition) is 0. The van der Waals surface area contributed by atoms with Crippen LogP contribution in [0.25, 0.3) is 16.7 Å². The molecule has 0 N–H and O–H groups in total. The molecule has 0 spiro atoms. The van der Waals surface area contributed by atoms with Gasteiger partial charge in [0.25, 0.3) is 11.1 Å². The Balaban J connectivity index is 0.00000116. The topological polar surface area (TPSA) is 84.5 Å². The van der Waals surface area contributed by atoms with Gasteiger partial charge in [0.05, 0.1) is 19.3 Å². The number of pyridine rings is 1. The lowest BCUT2D eigenvalue weighted by atomic mass is 10.2. The third-order valence-corrected chi connectivity index (χ3v) is 6.62. The molecule has 0 unspecified atom stereocenters. The highest BCUT2D eigenvalue weighted by Crippen LogP contribution is 2.29. The summed E-state index contributed by atoms with van der Waals surface area (Å²) in [7, 11) is 2.87. The Bertz CT molecular complexity index is 1960. The van der Waals surface area contributed by atoms with Crippen molar-refractivity contribution in [3.8, 4) is 22.9 Å². The summed E-state index contributed by atoms with van der Waals surface area (Å²) in [6, 6.07) is 16.3. The molecule has 0 aliphatic heterocycles. The molecule has 0 radical (unpaired) electrons. The summed E-state index contributed by atoms with van der Waals surface area (Å²) >= 11 is 0. The molecule has 0 saturated carbocycles. The summed E-state index contributed by atoms with van der Waals surface area (Å²) in [5, 5.41) is -0.199. The molecule has 0 aliphatic carbocycles. The van der Waals surface area contributed by atoms with Gasteiger partial charge in [-0.1, -0.05) is 65.8 Å². The molecule has 5 rings (SSSR count). The molecule has 0 bridgehead atoms. The van der Waals surface area contributed by atoms with Gasteiger partial charge in [-0.25, -0.2) is 18.1 Å². The summed E-state index contributed by atoms with van der Waals surface area (Å²) in [4.78, 5) is 40.9. The van der Waals surface area contributed by atoms with Crippen molar-refractivity contribution in [3.05, 3.63) is 126 Å². The summed E-state index contributed by atoms with van der Waals surface area (Å²) in [6.07, 6.45) is 0. The normalized spacial score (nSPS) is 10.1. The Hall–Kier alpha value is -4.99. The largest absolute Gasteiger partial charge is 0.497 e. The average molecular weight is 636 g/mol. The summed E-state index contributed by atoms with van der Waals surface area (Å²) in [5.41, 5.74) is -0.837. The fraction of sp³-hybridized carbons (Fsp3) is 0.306. The number of ether oxygens (including phenoxy) is 2. The van der Waals surface area contributed by atoms with Crippen LogP contribution in [0.4, 0.5) is 8.78 Å². The number of hydrogen-bond acceptors (Lipinski definition) is 5. The molecule has 0 saturated heterocycles. The van der Waals surface area contributed by atoms with Gasteiger partial charge in [0.15, 0.2) is 11.6 Å². The summed E-state index contributed by atoms with van der Waals surface area (Å²) in [5.74, 6) is -1.35. The number of aromatic nitrogens is 3. The lowest BCUT2D eigenvalue weighted by Gasteiger charge is -2.19. The molecular formula is C36H43F2N3O5. The molecule has 246 valence electrons. The number of methoxy groups -OCH3 is 1. The fourth-order valence-electron chi connectivity index (χ4n) is 4.51. The highest BCUT2D eigenvalue weighted by Gasteiger charge is 2.24. The second-order valence-electron chi connectivity index (χ2n) is 9.45. The van der Waals surface area contributed by atoms with Gasteiger partial charge in [0.1, 0.15) is 28.3 Å². The van der Waals surface area contributed by atoms with Crippen molar-refractivity contribution in [2.75, 3.05) is 7.11 Å². The van der Waals surface area contributed by atoms with E-state index in [0.717, 1.165) is 19.8 Å². The van der Waals surface area contributed by atoms with Gasteiger partial charge in [-0.05, 0) is 66.9 Å². The summed E-state index contributed by atoms with van der Waals surface area (Å²) in [6.45, 7) is 15.2. The third kappa shape index (κ3) is 7.80. The highest BCUT2D eigenvalue weighted by atomic mass is 19.1. The molecule has 10 heteroatoms. The summed E-state index contributed by atoms with van der Waals surface area (Å²) < 4.78 is 44.0. The number of aryl methyl sites for hydroxylation is 3. The van der Waals surface area contributed by atoms with Crippen LogP contribution in [0.15, 0.2) is 81.1 Å². The van der Waals surface area contributed by atoms with Crippen molar-refractivity contribution >= 4 is 11.0 Å². The van der Waals surface area contributed by atoms with Crippen molar-refractivity contribution in [2.45, 2.75) is 61.9 Å². The standard InChI is InChI=1S/C30H25F2N3O5.3C2H6/c1-17-5-11-23(21(31)13-17)35-28-27(29(37)34(30(35)38)16-19-7-9-20(39-4)10-8-19)25(15-26(36)33(28)3)40-24-12-6-18(2)14-22(24)32;3*1-2/h5-15H,16H2,1-4H3;3*1-2H3. The van der Waals surface area contributed by atoms with Crippen molar-refractivity contribution in [2.24, 2.45) is 7.05 Å². The van der Waals surface area contributed by atoms with Crippen LogP contribution in [-0.2, 0) is 13.6 Å². The number of fused-ring (bicyclic) bond motifs is 1. The van der Waals surface area contributed by atoms with Gasteiger partial charge in [0, 0.05) is 13.1 Å². The van der Waals surface area contributed by atoms with Crippen LogP contribution in [0.3, 0.4) is 0 Å². The van der Waals surface area contributed by atoms with E-state index in [1.54, 1.807) is 50.2 Å². The van der Waals surface area contributed by atoms with E-state index in [1.165, 1.54) is 38.4 Å². The second-order valence-corrected chi connectivity index (χ2v) is 9.45. The van der Waals surface area contributed by atoms with E-state index in [9.17, 15) is 18.8 Å². The van der Waals surface area contributed by atoms with Gasteiger partial charge >= 0.3 is 5.69 Å². The van der Waals surface area contributed by atoms with Crippen LogP contribution in [0.1, 0.15) is 58.2 Å². The molecule has 0 atom stereocenters. The number of benzene rings is 3. The van der Waals surface area contributed by atoms with Crippen molar-refractivity contribution in [1.82, 2.24) is 13.7 Å². The zero-order valence-electron chi connectivity index (χ0n) is 28.2. The van der Waals surface area contributed by atoms with E-state index >= 15 is 4.39 Å². The zero-order valence-corrected chi connectivity index (χ0v) is 28.2. The maximum Gasteiger partial charge on any atom is 0.337 e. The first-order valence-corrected chi connectivity index (χ1v) is 15.3.